The molecule has 0 spiro atoms. The molecule has 2 aromatic rings. The van der Waals surface area contributed by atoms with Gasteiger partial charge in [0.25, 0.3) is 0 Å². The highest BCUT2D eigenvalue weighted by atomic mass is 16.5. The van der Waals surface area contributed by atoms with Gasteiger partial charge in [-0.25, -0.2) is 0 Å². The first-order valence-corrected chi connectivity index (χ1v) is 10.3. The Morgan fingerprint density at radius 1 is 1.27 bits per heavy atom. The van der Waals surface area contributed by atoms with Gasteiger partial charge in [0, 0.05) is 48.5 Å². The van der Waals surface area contributed by atoms with Crippen LogP contribution < -0.4 is 19.7 Å². The Bertz CT molecular complexity index is 1030. The molecule has 6 heteroatoms. The maximum absolute atomic E-state index is 12.5. The van der Waals surface area contributed by atoms with Crippen LogP contribution in [0.5, 0.6) is 11.5 Å². The van der Waals surface area contributed by atoms with Crippen molar-refractivity contribution in [3.8, 4) is 11.5 Å². The van der Waals surface area contributed by atoms with Gasteiger partial charge in [-0.05, 0) is 62.2 Å². The number of hydrogen-bond donors (Lipinski definition) is 1. The van der Waals surface area contributed by atoms with Gasteiger partial charge in [-0.15, -0.1) is 0 Å². The summed E-state index contributed by atoms with van der Waals surface area (Å²) in [5.74, 6) is 1.40. The largest absolute Gasteiger partial charge is 0.493 e. The smallest absolute Gasteiger partial charge is 0.248 e. The molecule has 0 radical (unpaired) electrons. The summed E-state index contributed by atoms with van der Waals surface area (Å²) in [6, 6.07) is 9.57. The molecule has 2 aliphatic rings. The van der Waals surface area contributed by atoms with Crippen molar-refractivity contribution in [1.82, 2.24) is 0 Å². The van der Waals surface area contributed by atoms with E-state index in [4.69, 9.17) is 9.47 Å². The fraction of sp³-hybridized carbons (Fsp3) is 0.333. The predicted octanol–water partition coefficient (Wildman–Crippen LogP) is 3.97. The Morgan fingerprint density at radius 3 is 2.87 bits per heavy atom. The van der Waals surface area contributed by atoms with E-state index >= 15 is 0 Å². The molecule has 30 heavy (non-hydrogen) atoms. The van der Waals surface area contributed by atoms with Crippen LogP contribution in [0.1, 0.15) is 37.5 Å². The SMILES string of the molecule is CCOc1cc2c(cc1/C=C/C(=O)Nc1ccc3c(c1)CCN3C(C)=O)OC(C)C2. The Kier molecular flexibility index (Phi) is 5.48. The fourth-order valence-electron chi connectivity index (χ4n) is 4.02. The van der Waals surface area contributed by atoms with Crippen LogP contribution in [0.2, 0.25) is 0 Å². The molecule has 0 fully saturated rings. The molecule has 1 N–H and O–H groups in total. The second-order valence-electron chi connectivity index (χ2n) is 7.65. The van der Waals surface area contributed by atoms with Crippen LogP contribution in [-0.2, 0) is 22.4 Å². The number of amides is 2. The molecule has 156 valence electrons. The molecule has 2 aromatic carbocycles. The number of nitrogens with zero attached hydrogens (tertiary/aromatic N) is 1. The molecule has 6 nitrogen and oxygen atoms in total. The zero-order valence-corrected chi connectivity index (χ0v) is 17.5. The Morgan fingerprint density at radius 2 is 2.10 bits per heavy atom. The van der Waals surface area contributed by atoms with Crippen LogP contribution in [0.4, 0.5) is 11.4 Å². The number of ether oxygens (including phenoxy) is 2. The summed E-state index contributed by atoms with van der Waals surface area (Å²) in [6.07, 6.45) is 5.05. The summed E-state index contributed by atoms with van der Waals surface area (Å²) in [7, 11) is 0. The van der Waals surface area contributed by atoms with Gasteiger partial charge in [0.2, 0.25) is 11.8 Å². The molecule has 1 atom stereocenters. The van der Waals surface area contributed by atoms with Crippen molar-refractivity contribution in [2.75, 3.05) is 23.4 Å². The van der Waals surface area contributed by atoms with Crippen molar-refractivity contribution in [1.29, 1.82) is 0 Å². The van der Waals surface area contributed by atoms with E-state index in [1.807, 2.05) is 44.2 Å². The molecule has 1 unspecified atom stereocenters. The number of fused-ring (bicyclic) bond motifs is 2. The average Bonchev–Trinajstić information content (AvgIpc) is 3.28. The summed E-state index contributed by atoms with van der Waals surface area (Å²) in [5.41, 5.74) is 4.64. The number of hydrogen-bond acceptors (Lipinski definition) is 4. The maximum Gasteiger partial charge on any atom is 0.248 e. The molecule has 2 heterocycles. The number of nitrogens with one attached hydrogen (secondary N) is 1. The van der Waals surface area contributed by atoms with E-state index in [2.05, 4.69) is 5.32 Å². The molecular weight excluding hydrogens is 380 g/mol. The second kappa shape index (κ2) is 8.22. The van der Waals surface area contributed by atoms with Crippen molar-refractivity contribution in [3.63, 3.8) is 0 Å². The van der Waals surface area contributed by atoms with Gasteiger partial charge in [-0.2, -0.15) is 0 Å². The topological polar surface area (TPSA) is 67.9 Å². The molecule has 0 saturated carbocycles. The number of anilines is 2. The van der Waals surface area contributed by atoms with Crippen LogP contribution >= 0.6 is 0 Å². The summed E-state index contributed by atoms with van der Waals surface area (Å²) in [6.45, 7) is 6.77. The highest BCUT2D eigenvalue weighted by Crippen LogP contribution is 2.36. The minimum Gasteiger partial charge on any atom is -0.493 e. The molecule has 2 amide bonds. The summed E-state index contributed by atoms with van der Waals surface area (Å²) in [5, 5.41) is 2.90. The zero-order chi connectivity index (χ0) is 21.3. The molecule has 0 saturated heterocycles. The predicted molar refractivity (Wildman–Crippen MR) is 117 cm³/mol. The monoisotopic (exact) mass is 406 g/mol. The van der Waals surface area contributed by atoms with E-state index < -0.39 is 0 Å². The van der Waals surface area contributed by atoms with Crippen molar-refractivity contribution in [2.45, 2.75) is 39.7 Å². The average molecular weight is 406 g/mol. The van der Waals surface area contributed by atoms with Gasteiger partial charge in [0.1, 0.15) is 17.6 Å². The van der Waals surface area contributed by atoms with Gasteiger partial charge in [-0.1, -0.05) is 0 Å². The molecule has 4 rings (SSSR count). The Hall–Kier alpha value is -3.28. The van der Waals surface area contributed by atoms with Gasteiger partial charge >= 0.3 is 0 Å². The first-order valence-electron chi connectivity index (χ1n) is 10.3. The number of rotatable bonds is 5. The number of carbonyl (C=O) groups excluding carboxylic acids is 2. The van der Waals surface area contributed by atoms with Crippen LogP contribution in [-0.4, -0.2) is 31.1 Å². The summed E-state index contributed by atoms with van der Waals surface area (Å²) in [4.78, 5) is 25.9. The third kappa shape index (κ3) is 4.03. The minimum atomic E-state index is -0.228. The van der Waals surface area contributed by atoms with E-state index in [9.17, 15) is 9.59 Å². The highest BCUT2D eigenvalue weighted by molar-refractivity contribution is 6.02. The molecule has 0 bridgehead atoms. The summed E-state index contributed by atoms with van der Waals surface area (Å²) >= 11 is 0. The fourth-order valence-corrected chi connectivity index (χ4v) is 4.02. The molecule has 0 aromatic heterocycles. The third-order valence-electron chi connectivity index (χ3n) is 5.37. The van der Waals surface area contributed by atoms with Crippen molar-refractivity contribution in [3.05, 3.63) is 53.1 Å². The lowest BCUT2D eigenvalue weighted by molar-refractivity contribution is -0.116. The van der Waals surface area contributed by atoms with Gasteiger partial charge in [-0.3, -0.25) is 9.59 Å². The lowest BCUT2D eigenvalue weighted by atomic mass is 10.1. The number of carbonyl (C=O) groups is 2. The molecule has 2 aliphatic heterocycles. The van der Waals surface area contributed by atoms with E-state index in [1.54, 1.807) is 17.9 Å². The first kappa shape index (κ1) is 20.0. The maximum atomic E-state index is 12.5. The van der Waals surface area contributed by atoms with E-state index in [-0.39, 0.29) is 17.9 Å². The number of benzene rings is 2. The van der Waals surface area contributed by atoms with Crippen molar-refractivity contribution >= 4 is 29.3 Å². The van der Waals surface area contributed by atoms with Crippen LogP contribution in [0, 0.1) is 0 Å². The lowest BCUT2D eigenvalue weighted by Gasteiger charge is -2.14. The van der Waals surface area contributed by atoms with E-state index in [1.165, 1.54) is 6.08 Å². The first-order chi connectivity index (χ1) is 14.4. The van der Waals surface area contributed by atoms with Gasteiger partial charge in [0.15, 0.2) is 0 Å². The normalized spacial score (nSPS) is 16.9. The third-order valence-corrected chi connectivity index (χ3v) is 5.37. The van der Waals surface area contributed by atoms with Crippen molar-refractivity contribution < 1.29 is 19.1 Å². The van der Waals surface area contributed by atoms with Crippen LogP contribution in [0.3, 0.4) is 0 Å². The second-order valence-corrected chi connectivity index (χ2v) is 7.65. The Balaban J connectivity index is 1.48. The van der Waals surface area contributed by atoms with E-state index in [0.717, 1.165) is 46.7 Å². The van der Waals surface area contributed by atoms with Crippen LogP contribution in [0.25, 0.3) is 6.08 Å². The lowest BCUT2D eigenvalue weighted by Crippen LogP contribution is -2.25. The van der Waals surface area contributed by atoms with Crippen LogP contribution in [0.15, 0.2) is 36.4 Å². The van der Waals surface area contributed by atoms with E-state index in [0.29, 0.717) is 18.8 Å². The summed E-state index contributed by atoms with van der Waals surface area (Å²) < 4.78 is 11.6. The van der Waals surface area contributed by atoms with Crippen molar-refractivity contribution in [2.24, 2.45) is 0 Å². The molecular formula is C24H26N2O4. The Labute approximate surface area is 176 Å². The molecule has 0 aliphatic carbocycles. The van der Waals surface area contributed by atoms with Gasteiger partial charge in [0.05, 0.1) is 6.61 Å². The standard InChI is InChI=1S/C24H26N2O4/c1-4-29-22-14-19-11-15(2)30-23(19)13-18(22)5-8-24(28)25-20-6-7-21-17(12-20)9-10-26(21)16(3)27/h5-8,12-15H,4,9-11H2,1-3H3,(H,25,28)/b8-5+. The zero-order valence-electron chi connectivity index (χ0n) is 17.5. The quantitative estimate of drug-likeness (QED) is 0.763. The van der Waals surface area contributed by atoms with Gasteiger partial charge < -0.3 is 19.7 Å². The highest BCUT2D eigenvalue weighted by Gasteiger charge is 2.23. The minimum absolute atomic E-state index is 0.0336.